The third-order valence-corrected chi connectivity index (χ3v) is 7.63. The van der Waals surface area contributed by atoms with Crippen LogP contribution in [-0.4, -0.2) is 35.5 Å². The highest BCUT2D eigenvalue weighted by Gasteiger charge is 2.48. The Morgan fingerprint density at radius 3 is 2.48 bits per heavy atom. The van der Waals surface area contributed by atoms with E-state index in [1.54, 1.807) is 11.3 Å². The highest BCUT2D eigenvalue weighted by molar-refractivity contribution is 7.21. The van der Waals surface area contributed by atoms with E-state index in [2.05, 4.69) is 69.1 Å². The van der Waals surface area contributed by atoms with Crippen LogP contribution in [0.25, 0.3) is 10.1 Å². The van der Waals surface area contributed by atoms with Gasteiger partial charge < -0.3 is 5.32 Å². The summed E-state index contributed by atoms with van der Waals surface area (Å²) in [5.74, 6) is 0.705. The zero-order chi connectivity index (χ0) is 18.7. The normalized spacial score (nSPS) is 26.6. The number of carbonyl (C=O) groups is 1. The van der Waals surface area contributed by atoms with Gasteiger partial charge in [-0.3, -0.25) is 9.69 Å². The Kier molecular flexibility index (Phi) is 5.39. The summed E-state index contributed by atoms with van der Waals surface area (Å²) in [6.07, 6.45) is 2.41. The lowest BCUT2D eigenvalue weighted by Crippen LogP contribution is -2.69. The largest absolute Gasteiger partial charge is 0.346 e. The number of halogens is 1. The average molecular weight is 407 g/mol. The van der Waals surface area contributed by atoms with Crippen LogP contribution in [0.15, 0.2) is 24.3 Å². The van der Waals surface area contributed by atoms with Gasteiger partial charge in [0.15, 0.2) is 0 Å². The molecule has 1 unspecified atom stereocenters. The van der Waals surface area contributed by atoms with Crippen molar-refractivity contribution in [1.82, 2.24) is 10.2 Å². The molecule has 0 spiro atoms. The third-order valence-electron chi connectivity index (χ3n) is 6.45. The fourth-order valence-corrected chi connectivity index (χ4v) is 6.14. The Morgan fingerprint density at radius 2 is 1.89 bits per heavy atom. The molecule has 1 atom stereocenters. The number of rotatable bonds is 2. The second-order valence-corrected chi connectivity index (χ2v) is 10.6. The minimum atomic E-state index is 0. The molecular formula is C22H31ClN2OS. The van der Waals surface area contributed by atoms with E-state index in [4.69, 9.17) is 0 Å². The summed E-state index contributed by atoms with van der Waals surface area (Å²) in [6, 6.07) is 8.73. The van der Waals surface area contributed by atoms with Crippen LogP contribution in [0.2, 0.25) is 0 Å². The van der Waals surface area contributed by atoms with Crippen molar-refractivity contribution in [2.75, 3.05) is 13.1 Å². The van der Waals surface area contributed by atoms with Crippen LogP contribution in [0.5, 0.6) is 0 Å². The number of fused-ring (bicyclic) bond motifs is 4. The standard InChI is InChI=1S/C22H30N2OS.ClH/c1-21(2,3)16-8-6-7-15-13-17(26-18(15)16)20(25)23-19-14-9-11-24(12-10-14)22(19,4)5;/h6-8,13-14,19H,9-12H2,1-5H3,(H,23,25);1H. The number of nitrogens with zero attached hydrogens (tertiary/aromatic N) is 1. The minimum Gasteiger partial charge on any atom is -0.346 e. The van der Waals surface area contributed by atoms with Crippen molar-refractivity contribution >= 4 is 39.7 Å². The Hall–Kier alpha value is -1.10. The SMILES string of the molecule is CC(C)(C)c1cccc2cc(C(=O)NC3C4CCN(CC4)C3(C)C)sc12.Cl. The lowest BCUT2D eigenvalue weighted by molar-refractivity contribution is -0.0377. The first kappa shape index (κ1) is 20.6. The zero-order valence-corrected chi connectivity index (χ0v) is 18.6. The summed E-state index contributed by atoms with van der Waals surface area (Å²) in [5.41, 5.74) is 1.45. The first-order valence-corrected chi connectivity index (χ1v) is 10.6. The van der Waals surface area contributed by atoms with E-state index in [-0.39, 0.29) is 35.3 Å². The highest BCUT2D eigenvalue weighted by Crippen LogP contribution is 2.40. The number of thiophene rings is 1. The Bertz CT molecular complexity index is 844. The average Bonchev–Trinajstić information content (AvgIpc) is 3.01. The van der Waals surface area contributed by atoms with Crippen LogP contribution in [0.4, 0.5) is 0 Å². The second-order valence-electron chi connectivity index (χ2n) is 9.51. The van der Waals surface area contributed by atoms with E-state index in [0.717, 1.165) is 4.88 Å². The van der Waals surface area contributed by atoms with Crippen molar-refractivity contribution in [1.29, 1.82) is 0 Å². The lowest BCUT2D eigenvalue weighted by atomic mass is 9.72. The summed E-state index contributed by atoms with van der Waals surface area (Å²) in [6.45, 7) is 13.6. The molecule has 5 rings (SSSR count). The van der Waals surface area contributed by atoms with Gasteiger partial charge in [-0.1, -0.05) is 39.0 Å². The van der Waals surface area contributed by atoms with E-state index in [9.17, 15) is 4.79 Å². The first-order valence-electron chi connectivity index (χ1n) is 9.77. The molecule has 1 aromatic carbocycles. The Balaban J connectivity index is 0.00000210. The molecule has 3 nitrogen and oxygen atoms in total. The van der Waals surface area contributed by atoms with E-state index in [1.165, 1.54) is 41.6 Å². The van der Waals surface area contributed by atoms with Gasteiger partial charge in [0, 0.05) is 16.3 Å². The van der Waals surface area contributed by atoms with Gasteiger partial charge in [0.05, 0.1) is 4.88 Å². The van der Waals surface area contributed by atoms with Gasteiger partial charge in [0.25, 0.3) is 5.91 Å². The van der Waals surface area contributed by atoms with Gasteiger partial charge in [-0.2, -0.15) is 0 Å². The molecule has 1 amide bonds. The Labute approximate surface area is 172 Å². The van der Waals surface area contributed by atoms with Gasteiger partial charge in [-0.05, 0) is 68.1 Å². The fraction of sp³-hybridized carbons (Fsp3) is 0.591. The maximum Gasteiger partial charge on any atom is 0.261 e. The molecule has 0 saturated carbocycles. The number of carbonyl (C=O) groups excluding carboxylic acids is 1. The van der Waals surface area contributed by atoms with Gasteiger partial charge >= 0.3 is 0 Å². The molecule has 3 aliphatic rings. The monoisotopic (exact) mass is 406 g/mol. The summed E-state index contributed by atoms with van der Waals surface area (Å²) < 4.78 is 1.25. The van der Waals surface area contributed by atoms with Crippen LogP contribution in [-0.2, 0) is 5.41 Å². The summed E-state index contributed by atoms with van der Waals surface area (Å²) >= 11 is 1.64. The third kappa shape index (κ3) is 3.52. The van der Waals surface area contributed by atoms with Crippen LogP contribution in [0.3, 0.4) is 0 Å². The van der Waals surface area contributed by atoms with E-state index < -0.39 is 0 Å². The molecule has 1 N–H and O–H groups in total. The summed E-state index contributed by atoms with van der Waals surface area (Å²) in [7, 11) is 0. The molecule has 3 fully saturated rings. The molecule has 27 heavy (non-hydrogen) atoms. The number of benzene rings is 1. The van der Waals surface area contributed by atoms with Crippen LogP contribution in [0, 0.1) is 5.92 Å². The van der Waals surface area contributed by atoms with E-state index in [1.807, 2.05) is 0 Å². The second kappa shape index (κ2) is 7.06. The van der Waals surface area contributed by atoms with Gasteiger partial charge in [-0.15, -0.1) is 23.7 Å². The number of amides is 1. The highest BCUT2D eigenvalue weighted by atomic mass is 35.5. The first-order chi connectivity index (χ1) is 12.2. The Morgan fingerprint density at radius 1 is 1.22 bits per heavy atom. The molecule has 3 saturated heterocycles. The molecule has 5 heteroatoms. The molecule has 1 aromatic heterocycles. The van der Waals surface area contributed by atoms with Crippen molar-refractivity contribution in [2.45, 2.75) is 64.5 Å². The zero-order valence-electron chi connectivity index (χ0n) is 17.0. The molecule has 0 aliphatic carbocycles. The van der Waals surface area contributed by atoms with Crippen molar-refractivity contribution in [3.8, 4) is 0 Å². The van der Waals surface area contributed by atoms with Crippen molar-refractivity contribution in [3.63, 3.8) is 0 Å². The minimum absolute atomic E-state index is 0. The molecular weight excluding hydrogens is 376 g/mol. The molecule has 2 bridgehead atoms. The number of nitrogens with one attached hydrogen (secondary N) is 1. The number of piperidine rings is 3. The predicted octanol–water partition coefficient (Wildman–Crippen LogP) is 5.22. The predicted molar refractivity (Wildman–Crippen MR) is 117 cm³/mol. The smallest absolute Gasteiger partial charge is 0.261 e. The number of hydrogen-bond acceptors (Lipinski definition) is 3. The van der Waals surface area contributed by atoms with Gasteiger partial charge in [-0.25, -0.2) is 0 Å². The van der Waals surface area contributed by atoms with Gasteiger partial charge in [0.2, 0.25) is 0 Å². The molecule has 148 valence electrons. The fourth-order valence-electron chi connectivity index (χ4n) is 4.86. The molecule has 2 aromatic rings. The maximum atomic E-state index is 13.1. The topological polar surface area (TPSA) is 32.3 Å². The molecule has 3 aliphatic heterocycles. The van der Waals surface area contributed by atoms with Crippen LogP contribution < -0.4 is 5.32 Å². The van der Waals surface area contributed by atoms with Crippen molar-refractivity contribution in [3.05, 3.63) is 34.7 Å². The van der Waals surface area contributed by atoms with Crippen molar-refractivity contribution in [2.24, 2.45) is 5.92 Å². The van der Waals surface area contributed by atoms with E-state index in [0.29, 0.717) is 5.92 Å². The van der Waals surface area contributed by atoms with Crippen LogP contribution >= 0.6 is 23.7 Å². The maximum absolute atomic E-state index is 13.1. The van der Waals surface area contributed by atoms with Gasteiger partial charge in [0.1, 0.15) is 0 Å². The van der Waals surface area contributed by atoms with E-state index >= 15 is 0 Å². The number of hydrogen-bond donors (Lipinski definition) is 1. The summed E-state index contributed by atoms with van der Waals surface area (Å²) in [5, 5.41) is 4.59. The van der Waals surface area contributed by atoms with Crippen LogP contribution in [0.1, 0.15) is 62.7 Å². The molecule has 4 heterocycles. The lowest BCUT2D eigenvalue weighted by Gasteiger charge is -2.56. The quantitative estimate of drug-likeness (QED) is 0.741. The van der Waals surface area contributed by atoms with Crippen molar-refractivity contribution < 1.29 is 4.79 Å². The molecule has 0 radical (unpaired) electrons. The summed E-state index contributed by atoms with van der Waals surface area (Å²) in [4.78, 5) is 16.5.